The van der Waals surface area contributed by atoms with Gasteiger partial charge in [0, 0.05) is 11.4 Å². The van der Waals surface area contributed by atoms with Crippen LogP contribution in [0.15, 0.2) is 6.07 Å². The second-order valence-electron chi connectivity index (χ2n) is 5.22. The Balaban J connectivity index is 2.23. The Morgan fingerprint density at radius 3 is 2.48 bits per heavy atom. The Morgan fingerprint density at radius 1 is 1.29 bits per heavy atom. The molecular formula is C13H19N3O4S. The number of esters is 1. The van der Waals surface area contributed by atoms with Crippen LogP contribution in [0.2, 0.25) is 0 Å². The van der Waals surface area contributed by atoms with Gasteiger partial charge in [-0.3, -0.25) is 9.52 Å². The number of sulfonamides is 1. The summed E-state index contributed by atoms with van der Waals surface area (Å²) in [6.45, 7) is 3.53. The summed E-state index contributed by atoms with van der Waals surface area (Å²) in [7, 11) is -2.46. The molecule has 0 bridgehead atoms. The number of hydrogen-bond donors (Lipinski definition) is 1. The van der Waals surface area contributed by atoms with Gasteiger partial charge in [-0.05, 0) is 32.8 Å². The first-order chi connectivity index (χ1) is 9.83. The first kappa shape index (κ1) is 15.7. The molecule has 8 heteroatoms. The molecule has 1 aliphatic carbocycles. The molecule has 1 fully saturated rings. The molecule has 0 amide bonds. The molecule has 1 heterocycles. The number of nitrogens with one attached hydrogen (secondary N) is 1. The Hall–Kier alpha value is -1.70. The van der Waals surface area contributed by atoms with E-state index in [0.717, 1.165) is 0 Å². The van der Waals surface area contributed by atoms with Gasteiger partial charge in [-0.2, -0.15) is 0 Å². The van der Waals surface area contributed by atoms with Gasteiger partial charge in [-0.1, -0.05) is 6.42 Å². The Morgan fingerprint density at radius 2 is 1.90 bits per heavy atom. The van der Waals surface area contributed by atoms with Crippen molar-refractivity contribution in [2.75, 3.05) is 11.8 Å². The highest BCUT2D eigenvalue weighted by Gasteiger charge is 2.42. The van der Waals surface area contributed by atoms with Crippen LogP contribution < -0.4 is 4.72 Å². The molecule has 0 aliphatic heterocycles. The van der Waals surface area contributed by atoms with Crippen molar-refractivity contribution in [1.82, 2.24) is 9.97 Å². The molecule has 21 heavy (non-hydrogen) atoms. The van der Waals surface area contributed by atoms with E-state index in [1.165, 1.54) is 7.11 Å². The maximum Gasteiger partial charge on any atom is 0.310 e. The third kappa shape index (κ3) is 3.49. The Kier molecular flexibility index (Phi) is 4.46. The van der Waals surface area contributed by atoms with Crippen molar-refractivity contribution in [3.05, 3.63) is 17.5 Å². The molecule has 7 nitrogen and oxygen atoms in total. The topological polar surface area (TPSA) is 98.2 Å². The summed E-state index contributed by atoms with van der Waals surface area (Å²) in [4.78, 5) is 19.8. The lowest BCUT2D eigenvalue weighted by atomic mass is 10.1. The smallest absolute Gasteiger partial charge is 0.310 e. The zero-order valence-corrected chi connectivity index (χ0v) is 13.1. The van der Waals surface area contributed by atoms with Gasteiger partial charge in [0.15, 0.2) is 0 Å². The summed E-state index contributed by atoms with van der Waals surface area (Å²) in [6, 6.07) is 1.75. The van der Waals surface area contributed by atoms with Gasteiger partial charge in [-0.15, -0.1) is 0 Å². The van der Waals surface area contributed by atoms with Crippen molar-refractivity contribution in [3.63, 3.8) is 0 Å². The number of carbonyl (C=O) groups excluding carboxylic acids is 1. The van der Waals surface area contributed by atoms with Crippen LogP contribution in [0.25, 0.3) is 0 Å². The first-order valence-electron chi connectivity index (χ1n) is 6.75. The monoisotopic (exact) mass is 313 g/mol. The normalized spacial score (nSPS) is 22.0. The van der Waals surface area contributed by atoms with Crippen LogP contribution in [0.3, 0.4) is 0 Å². The number of hydrogen-bond acceptors (Lipinski definition) is 6. The van der Waals surface area contributed by atoms with Crippen LogP contribution in [0.5, 0.6) is 0 Å². The minimum Gasteiger partial charge on any atom is -0.469 e. The van der Waals surface area contributed by atoms with Crippen LogP contribution in [-0.2, 0) is 19.6 Å². The molecule has 1 N–H and O–H groups in total. The van der Waals surface area contributed by atoms with E-state index in [0.29, 0.717) is 30.7 Å². The highest BCUT2D eigenvalue weighted by Crippen LogP contribution is 2.32. The van der Waals surface area contributed by atoms with Gasteiger partial charge in [0.2, 0.25) is 16.0 Å². The Bertz CT molecular complexity index is 625. The summed E-state index contributed by atoms with van der Waals surface area (Å²) in [5, 5.41) is -0.797. The van der Waals surface area contributed by atoms with Gasteiger partial charge < -0.3 is 4.74 Å². The second-order valence-corrected chi connectivity index (χ2v) is 7.12. The third-order valence-corrected chi connectivity index (χ3v) is 5.40. The molecule has 1 aromatic heterocycles. The minimum atomic E-state index is -3.73. The SMILES string of the molecule is COC(=O)C1CCCC1S(=O)(=O)Nc1nc(C)cc(C)n1. The lowest BCUT2D eigenvalue weighted by molar-refractivity contribution is -0.145. The van der Waals surface area contributed by atoms with Gasteiger partial charge in [-0.25, -0.2) is 18.4 Å². The molecule has 1 aliphatic rings. The highest BCUT2D eigenvalue weighted by molar-refractivity contribution is 7.93. The molecule has 1 aromatic rings. The lowest BCUT2D eigenvalue weighted by Crippen LogP contribution is -2.35. The number of methoxy groups -OCH3 is 1. The van der Waals surface area contributed by atoms with Crippen LogP contribution in [-0.4, -0.2) is 36.7 Å². The summed E-state index contributed by atoms with van der Waals surface area (Å²) in [5.74, 6) is -1.06. The van der Waals surface area contributed by atoms with E-state index in [9.17, 15) is 13.2 Å². The van der Waals surface area contributed by atoms with Crippen LogP contribution >= 0.6 is 0 Å². The number of carbonyl (C=O) groups is 1. The number of ether oxygens (including phenoxy) is 1. The maximum absolute atomic E-state index is 12.5. The molecule has 1 saturated carbocycles. The van der Waals surface area contributed by atoms with Gasteiger partial charge >= 0.3 is 5.97 Å². The first-order valence-corrected chi connectivity index (χ1v) is 8.30. The fourth-order valence-corrected chi connectivity index (χ4v) is 4.35. The molecule has 0 spiro atoms. The number of aromatic nitrogens is 2. The molecular weight excluding hydrogens is 294 g/mol. The zero-order valence-electron chi connectivity index (χ0n) is 12.3. The van der Waals surface area contributed by atoms with E-state index in [1.807, 2.05) is 0 Å². The summed E-state index contributed by atoms with van der Waals surface area (Å²) in [6.07, 6.45) is 1.63. The third-order valence-electron chi connectivity index (χ3n) is 3.57. The lowest BCUT2D eigenvalue weighted by Gasteiger charge is -2.18. The molecule has 0 radical (unpaired) electrons. The average molecular weight is 313 g/mol. The van der Waals surface area contributed by atoms with E-state index in [2.05, 4.69) is 19.4 Å². The van der Waals surface area contributed by atoms with E-state index in [1.54, 1.807) is 19.9 Å². The molecule has 116 valence electrons. The summed E-state index contributed by atoms with van der Waals surface area (Å²) in [5.41, 5.74) is 1.35. The average Bonchev–Trinajstić information content (AvgIpc) is 2.85. The van der Waals surface area contributed by atoms with E-state index < -0.39 is 27.2 Å². The van der Waals surface area contributed by atoms with Crippen molar-refractivity contribution in [1.29, 1.82) is 0 Å². The predicted molar refractivity (Wildman–Crippen MR) is 77.2 cm³/mol. The molecule has 0 saturated heterocycles. The van der Waals surface area contributed by atoms with Gasteiger partial charge in [0.25, 0.3) is 0 Å². The van der Waals surface area contributed by atoms with Crippen molar-refractivity contribution < 1.29 is 17.9 Å². The van der Waals surface area contributed by atoms with Crippen LogP contribution in [0.1, 0.15) is 30.7 Å². The number of anilines is 1. The molecule has 2 rings (SSSR count). The fourth-order valence-electron chi connectivity index (χ4n) is 2.69. The summed E-state index contributed by atoms with van der Waals surface area (Å²) < 4.78 is 32.0. The minimum absolute atomic E-state index is 0.0445. The Labute approximate surface area is 124 Å². The standard InChI is InChI=1S/C13H19N3O4S/c1-8-7-9(2)15-13(14-8)16-21(18,19)11-6-4-5-10(11)12(17)20-3/h7,10-11H,4-6H2,1-3H3,(H,14,15,16). The van der Waals surface area contributed by atoms with E-state index in [4.69, 9.17) is 0 Å². The van der Waals surface area contributed by atoms with Crippen molar-refractivity contribution >= 4 is 21.9 Å². The maximum atomic E-state index is 12.5. The largest absolute Gasteiger partial charge is 0.469 e. The van der Waals surface area contributed by atoms with Crippen molar-refractivity contribution in [2.45, 2.75) is 38.4 Å². The quantitative estimate of drug-likeness (QED) is 0.838. The molecule has 0 aromatic carbocycles. The predicted octanol–water partition coefficient (Wildman–Crippen LogP) is 1.18. The second kappa shape index (κ2) is 5.97. The van der Waals surface area contributed by atoms with Crippen molar-refractivity contribution in [3.8, 4) is 0 Å². The molecule has 2 atom stereocenters. The number of rotatable bonds is 4. The summed E-state index contributed by atoms with van der Waals surface area (Å²) >= 11 is 0. The highest BCUT2D eigenvalue weighted by atomic mass is 32.2. The fraction of sp³-hybridized carbons (Fsp3) is 0.615. The number of nitrogens with zero attached hydrogens (tertiary/aromatic N) is 2. The van der Waals surface area contributed by atoms with E-state index in [-0.39, 0.29) is 5.95 Å². The van der Waals surface area contributed by atoms with Crippen LogP contribution in [0.4, 0.5) is 5.95 Å². The zero-order chi connectivity index (χ0) is 15.6. The van der Waals surface area contributed by atoms with Gasteiger partial charge in [0.05, 0.1) is 18.3 Å². The molecule has 2 unspecified atom stereocenters. The van der Waals surface area contributed by atoms with Gasteiger partial charge in [0.1, 0.15) is 0 Å². The van der Waals surface area contributed by atoms with E-state index >= 15 is 0 Å². The van der Waals surface area contributed by atoms with Crippen LogP contribution in [0, 0.1) is 19.8 Å². The number of aryl methyl sites for hydroxylation is 2. The van der Waals surface area contributed by atoms with Crippen molar-refractivity contribution in [2.24, 2.45) is 5.92 Å².